The number of piperazine rings is 1. The molecule has 3 rings (SSSR count). The summed E-state index contributed by atoms with van der Waals surface area (Å²) in [5, 5.41) is 2.51. The third-order valence-electron chi connectivity index (χ3n) is 4.53. The van der Waals surface area contributed by atoms with Crippen LogP contribution < -0.4 is 5.32 Å². The smallest absolute Gasteiger partial charge is 0.238 e. The lowest BCUT2D eigenvalue weighted by molar-refractivity contribution is -0.117. The number of nitrogens with zero attached hydrogens (tertiary/aromatic N) is 2. The minimum absolute atomic E-state index is 0.00878. The fraction of sp³-hybridized carbons (Fsp3) is 0.350. The molecule has 0 saturated carbocycles. The molecule has 26 heavy (non-hydrogen) atoms. The van der Waals surface area contributed by atoms with Gasteiger partial charge in [0.1, 0.15) is 11.6 Å². The largest absolute Gasteiger partial charge is 0.322 e. The van der Waals surface area contributed by atoms with Crippen LogP contribution in [0.2, 0.25) is 0 Å². The van der Waals surface area contributed by atoms with Crippen LogP contribution in [0, 0.1) is 18.6 Å². The zero-order valence-electron chi connectivity index (χ0n) is 14.8. The Labute approximate surface area is 152 Å². The van der Waals surface area contributed by atoms with Gasteiger partial charge in [0.05, 0.1) is 12.2 Å². The molecule has 0 bridgehead atoms. The van der Waals surface area contributed by atoms with Crippen LogP contribution in [-0.2, 0) is 11.3 Å². The summed E-state index contributed by atoms with van der Waals surface area (Å²) in [5.74, 6) is -1.71. The number of benzene rings is 2. The SMILES string of the molecule is Cc1cccc(CN2CCN(CC(=O)Nc3ccc(F)cc3F)CC2)c1. The molecular weight excluding hydrogens is 336 g/mol. The maximum absolute atomic E-state index is 13.6. The maximum atomic E-state index is 13.6. The second-order valence-electron chi connectivity index (χ2n) is 6.71. The Kier molecular flexibility index (Phi) is 5.96. The average molecular weight is 359 g/mol. The first-order valence-corrected chi connectivity index (χ1v) is 8.75. The first-order chi connectivity index (χ1) is 12.5. The highest BCUT2D eigenvalue weighted by Gasteiger charge is 2.19. The highest BCUT2D eigenvalue weighted by Crippen LogP contribution is 2.15. The fourth-order valence-corrected chi connectivity index (χ4v) is 3.16. The standard InChI is InChI=1S/C20H23F2N3O/c1-15-3-2-4-16(11-15)13-24-7-9-25(10-8-24)14-20(26)23-19-6-5-17(21)12-18(19)22/h2-6,11-12H,7-10,13-14H2,1H3,(H,23,26). The molecule has 6 heteroatoms. The fourth-order valence-electron chi connectivity index (χ4n) is 3.16. The van der Waals surface area contributed by atoms with Crippen LogP contribution in [0.4, 0.5) is 14.5 Å². The van der Waals surface area contributed by atoms with Crippen molar-refractivity contribution in [2.24, 2.45) is 0 Å². The number of halogens is 2. The van der Waals surface area contributed by atoms with Crippen molar-refractivity contribution < 1.29 is 13.6 Å². The lowest BCUT2D eigenvalue weighted by Gasteiger charge is -2.34. The van der Waals surface area contributed by atoms with Crippen molar-refractivity contribution in [1.82, 2.24) is 9.80 Å². The quantitative estimate of drug-likeness (QED) is 0.891. The zero-order valence-corrected chi connectivity index (χ0v) is 14.8. The lowest BCUT2D eigenvalue weighted by Crippen LogP contribution is -2.48. The van der Waals surface area contributed by atoms with Crippen molar-refractivity contribution in [3.63, 3.8) is 0 Å². The van der Waals surface area contributed by atoms with E-state index < -0.39 is 11.6 Å². The van der Waals surface area contributed by atoms with Gasteiger partial charge < -0.3 is 5.32 Å². The zero-order chi connectivity index (χ0) is 18.5. The van der Waals surface area contributed by atoms with E-state index in [-0.39, 0.29) is 18.1 Å². The van der Waals surface area contributed by atoms with Gasteiger partial charge in [-0.25, -0.2) is 8.78 Å². The van der Waals surface area contributed by atoms with Gasteiger partial charge in [-0.15, -0.1) is 0 Å². The minimum atomic E-state index is -0.763. The van der Waals surface area contributed by atoms with Gasteiger partial charge in [0.2, 0.25) is 5.91 Å². The summed E-state index contributed by atoms with van der Waals surface area (Å²) in [6.07, 6.45) is 0. The average Bonchev–Trinajstić information content (AvgIpc) is 2.59. The monoisotopic (exact) mass is 359 g/mol. The Balaban J connectivity index is 1.45. The summed E-state index contributed by atoms with van der Waals surface area (Å²) >= 11 is 0. The van der Waals surface area contributed by atoms with E-state index >= 15 is 0 Å². The second-order valence-corrected chi connectivity index (χ2v) is 6.71. The molecule has 0 atom stereocenters. The van der Waals surface area contributed by atoms with Crippen molar-refractivity contribution in [3.05, 3.63) is 65.2 Å². The van der Waals surface area contributed by atoms with Gasteiger partial charge in [-0.1, -0.05) is 29.8 Å². The molecule has 2 aromatic rings. The molecule has 1 aliphatic heterocycles. The van der Waals surface area contributed by atoms with Gasteiger partial charge in [0, 0.05) is 38.8 Å². The van der Waals surface area contributed by atoms with Crippen molar-refractivity contribution in [2.75, 3.05) is 38.0 Å². The van der Waals surface area contributed by atoms with Crippen molar-refractivity contribution in [3.8, 4) is 0 Å². The molecule has 0 aliphatic carbocycles. The predicted octanol–water partition coefficient (Wildman–Crippen LogP) is 3.03. The number of hydrogen-bond acceptors (Lipinski definition) is 3. The molecule has 0 radical (unpaired) electrons. The molecule has 2 aromatic carbocycles. The van der Waals surface area contributed by atoms with E-state index in [1.807, 2.05) is 4.90 Å². The molecular formula is C20H23F2N3O. The van der Waals surface area contributed by atoms with Crippen LogP contribution >= 0.6 is 0 Å². The first kappa shape index (κ1) is 18.5. The van der Waals surface area contributed by atoms with E-state index in [0.29, 0.717) is 0 Å². The predicted molar refractivity (Wildman–Crippen MR) is 97.9 cm³/mol. The van der Waals surface area contributed by atoms with E-state index in [4.69, 9.17) is 0 Å². The Bertz CT molecular complexity index is 773. The summed E-state index contributed by atoms with van der Waals surface area (Å²) in [6.45, 7) is 6.52. The lowest BCUT2D eigenvalue weighted by atomic mass is 10.1. The van der Waals surface area contributed by atoms with E-state index in [1.165, 1.54) is 17.2 Å². The summed E-state index contributed by atoms with van der Waals surface area (Å²) in [7, 11) is 0. The van der Waals surface area contributed by atoms with E-state index in [1.54, 1.807) is 0 Å². The van der Waals surface area contributed by atoms with Crippen LogP contribution in [0.3, 0.4) is 0 Å². The van der Waals surface area contributed by atoms with Crippen LogP contribution in [0.1, 0.15) is 11.1 Å². The number of carbonyl (C=O) groups is 1. The molecule has 138 valence electrons. The molecule has 1 N–H and O–H groups in total. The number of aryl methyl sites for hydroxylation is 1. The Morgan fingerprint density at radius 3 is 2.46 bits per heavy atom. The van der Waals surface area contributed by atoms with Crippen LogP contribution in [0.5, 0.6) is 0 Å². The number of hydrogen-bond donors (Lipinski definition) is 1. The molecule has 4 nitrogen and oxygen atoms in total. The Morgan fingerprint density at radius 1 is 1.04 bits per heavy atom. The van der Waals surface area contributed by atoms with Crippen LogP contribution in [0.15, 0.2) is 42.5 Å². The highest BCUT2D eigenvalue weighted by atomic mass is 19.1. The van der Waals surface area contributed by atoms with Gasteiger partial charge in [0.25, 0.3) is 0 Å². The van der Waals surface area contributed by atoms with Crippen molar-refractivity contribution in [1.29, 1.82) is 0 Å². The molecule has 1 heterocycles. The summed E-state index contributed by atoms with van der Waals surface area (Å²) in [4.78, 5) is 16.5. The summed E-state index contributed by atoms with van der Waals surface area (Å²) in [5.41, 5.74) is 2.56. The van der Waals surface area contributed by atoms with Crippen LogP contribution in [-0.4, -0.2) is 48.4 Å². The molecule has 1 saturated heterocycles. The van der Waals surface area contributed by atoms with Crippen molar-refractivity contribution in [2.45, 2.75) is 13.5 Å². The van der Waals surface area contributed by atoms with Gasteiger partial charge in [-0.05, 0) is 24.6 Å². The number of amides is 1. The highest BCUT2D eigenvalue weighted by molar-refractivity contribution is 5.92. The van der Waals surface area contributed by atoms with E-state index in [2.05, 4.69) is 41.4 Å². The molecule has 0 spiro atoms. The molecule has 1 amide bonds. The topological polar surface area (TPSA) is 35.6 Å². The number of carbonyl (C=O) groups excluding carboxylic acids is 1. The van der Waals surface area contributed by atoms with Gasteiger partial charge in [0.15, 0.2) is 0 Å². The first-order valence-electron chi connectivity index (χ1n) is 8.75. The summed E-state index contributed by atoms with van der Waals surface area (Å²) in [6, 6.07) is 11.6. The van der Waals surface area contributed by atoms with Crippen LogP contribution in [0.25, 0.3) is 0 Å². The molecule has 0 aromatic heterocycles. The third-order valence-corrected chi connectivity index (χ3v) is 4.53. The number of rotatable bonds is 5. The van der Waals surface area contributed by atoms with Gasteiger partial charge in [-0.2, -0.15) is 0 Å². The van der Waals surface area contributed by atoms with E-state index in [9.17, 15) is 13.6 Å². The van der Waals surface area contributed by atoms with Gasteiger partial charge >= 0.3 is 0 Å². The second kappa shape index (κ2) is 8.38. The molecule has 1 aliphatic rings. The van der Waals surface area contributed by atoms with Gasteiger partial charge in [-0.3, -0.25) is 14.6 Å². The molecule has 1 fully saturated rings. The van der Waals surface area contributed by atoms with E-state index in [0.717, 1.165) is 44.9 Å². The normalized spacial score (nSPS) is 15.8. The third kappa shape index (κ3) is 5.09. The number of nitrogens with one attached hydrogen (secondary N) is 1. The molecule has 0 unspecified atom stereocenters. The Morgan fingerprint density at radius 2 is 1.77 bits per heavy atom. The minimum Gasteiger partial charge on any atom is -0.322 e. The number of anilines is 1. The Hall–Kier alpha value is -2.31. The van der Waals surface area contributed by atoms with Crippen molar-refractivity contribution >= 4 is 11.6 Å². The maximum Gasteiger partial charge on any atom is 0.238 e. The summed E-state index contributed by atoms with van der Waals surface area (Å²) < 4.78 is 26.5.